The molecule has 0 spiro atoms. The predicted octanol–water partition coefficient (Wildman–Crippen LogP) is 3.63. The van der Waals surface area contributed by atoms with E-state index in [1.54, 1.807) is 17.0 Å². The number of anilines is 1. The van der Waals surface area contributed by atoms with Crippen LogP contribution < -0.4 is 9.62 Å². The zero-order chi connectivity index (χ0) is 40.2. The number of carbonyl (C=O) groups excluding carboxylic acids is 2. The summed E-state index contributed by atoms with van der Waals surface area (Å²) < 4.78 is 53.1. The van der Waals surface area contributed by atoms with Gasteiger partial charge >= 0.3 is 5.97 Å². The minimum absolute atomic E-state index is 0.0320. The highest BCUT2D eigenvalue weighted by Gasteiger charge is 2.39. The fourth-order valence-electron chi connectivity index (χ4n) is 6.28. The highest BCUT2D eigenvalue weighted by atomic mass is 32.2. The first-order valence-electron chi connectivity index (χ1n) is 18.4. The Kier molecular flexibility index (Phi) is 16.3. The van der Waals surface area contributed by atoms with E-state index in [2.05, 4.69) is 9.46 Å². The number of amides is 1. The monoisotopic (exact) mass is 788 g/mol. The molecule has 0 aromatic heterocycles. The van der Waals surface area contributed by atoms with Gasteiger partial charge in [0.15, 0.2) is 12.4 Å². The summed E-state index contributed by atoms with van der Waals surface area (Å²) in [6, 6.07) is 21.3. The fraction of sp³-hybridized carbons (Fsp3) is 0.500. The summed E-state index contributed by atoms with van der Waals surface area (Å²) in [5, 5.41) is 40.2. The van der Waals surface area contributed by atoms with Crippen molar-refractivity contribution in [1.29, 1.82) is 0 Å². The molecule has 2 aliphatic heterocycles. The van der Waals surface area contributed by atoms with Crippen LogP contribution in [0.3, 0.4) is 0 Å². The van der Waals surface area contributed by atoms with E-state index in [1.165, 1.54) is 19.2 Å². The molecule has 55 heavy (non-hydrogen) atoms. The van der Waals surface area contributed by atoms with Crippen LogP contribution in [-0.2, 0) is 46.7 Å². The quantitative estimate of drug-likeness (QED) is 0.0763. The standard InChI is InChI=1S/C31H42N2O10S.C9H11FO/c1-41-30(37)27-16-25(35)17-29(43-27)42-20-31(38,19-34)14-13-22-5-9-23(10-6-22)26-18-28(36)33(26)24-11-7-21(8-12-24)4-3-15-32-44(2,39)40;1-2-9(11)7-3-5-8(10)6-4-7/h5-12,25-27,29,32,34-35,38H,3-4,13-20H2,1-2H3;3-6,9,11H,2H2,1H3. The van der Waals surface area contributed by atoms with Gasteiger partial charge < -0.3 is 39.5 Å². The number of nitrogens with zero attached hydrogens (tertiary/aromatic N) is 1. The van der Waals surface area contributed by atoms with E-state index >= 15 is 0 Å². The number of aryl methyl sites for hydroxylation is 2. The van der Waals surface area contributed by atoms with Gasteiger partial charge in [-0.05, 0) is 78.6 Å². The van der Waals surface area contributed by atoms with Gasteiger partial charge in [0.2, 0.25) is 15.9 Å². The van der Waals surface area contributed by atoms with E-state index in [0.29, 0.717) is 38.6 Å². The summed E-state index contributed by atoms with van der Waals surface area (Å²) in [5.41, 5.74) is 2.99. The molecule has 0 aliphatic carbocycles. The van der Waals surface area contributed by atoms with Crippen molar-refractivity contribution in [2.24, 2.45) is 0 Å². The van der Waals surface area contributed by atoms with Crippen LogP contribution in [0.4, 0.5) is 10.1 Å². The molecule has 13 nitrogen and oxygen atoms in total. The SMILES string of the molecule is CCC(O)c1ccc(F)cc1.COC(=O)C1CC(O)CC(OCC(O)(CO)CCc2ccc(C3CC(=O)N3c3ccc(CCCNS(C)(=O)=O)cc3)cc2)O1. The molecule has 0 radical (unpaired) electrons. The molecule has 2 aliphatic rings. The number of benzene rings is 3. The number of ether oxygens (including phenoxy) is 3. The molecule has 0 saturated carbocycles. The number of sulfonamides is 1. The van der Waals surface area contributed by atoms with Crippen molar-refractivity contribution < 1.29 is 57.0 Å². The van der Waals surface area contributed by atoms with Crippen LogP contribution in [0.2, 0.25) is 0 Å². The summed E-state index contributed by atoms with van der Waals surface area (Å²) in [4.78, 5) is 26.1. The number of esters is 1. The molecule has 3 aromatic rings. The first-order chi connectivity index (χ1) is 26.1. The lowest BCUT2D eigenvalue weighted by molar-refractivity contribution is -0.239. The molecule has 1 amide bonds. The number of hydrogen-bond acceptors (Lipinski definition) is 11. The number of nitrogens with one attached hydrogen (secondary N) is 1. The molecule has 6 atom stereocenters. The molecule has 6 unspecified atom stereocenters. The van der Waals surface area contributed by atoms with Crippen molar-refractivity contribution in [3.05, 3.63) is 101 Å². The maximum absolute atomic E-state index is 12.5. The number of β-lactam (4-membered cyclic amide) rings is 1. The number of aliphatic hydroxyl groups is 4. The number of rotatable bonds is 17. The molecule has 302 valence electrons. The molecule has 5 N–H and O–H groups in total. The van der Waals surface area contributed by atoms with E-state index < -0.39 is 52.8 Å². The number of methoxy groups -OCH3 is 1. The Morgan fingerprint density at radius 1 is 1.04 bits per heavy atom. The maximum Gasteiger partial charge on any atom is 0.335 e. The number of aliphatic hydroxyl groups excluding tert-OH is 3. The highest BCUT2D eigenvalue weighted by Crippen LogP contribution is 2.39. The number of halogens is 1. The summed E-state index contributed by atoms with van der Waals surface area (Å²) in [6.45, 7) is 1.46. The minimum atomic E-state index is -3.20. The molecule has 3 aromatic carbocycles. The second kappa shape index (κ2) is 20.4. The van der Waals surface area contributed by atoms with Gasteiger partial charge in [0.1, 0.15) is 11.4 Å². The van der Waals surface area contributed by atoms with Gasteiger partial charge in [-0.2, -0.15) is 0 Å². The van der Waals surface area contributed by atoms with Gasteiger partial charge in [0.05, 0.1) is 51.2 Å². The zero-order valence-corrected chi connectivity index (χ0v) is 32.3. The van der Waals surface area contributed by atoms with Crippen LogP contribution >= 0.6 is 0 Å². The molecule has 0 bridgehead atoms. The van der Waals surface area contributed by atoms with Crippen LogP contribution in [0.25, 0.3) is 0 Å². The largest absolute Gasteiger partial charge is 0.467 e. The Morgan fingerprint density at radius 2 is 1.67 bits per heavy atom. The average Bonchev–Trinajstić information content (AvgIpc) is 3.17. The molecule has 2 fully saturated rings. The molecular weight excluding hydrogens is 736 g/mol. The third-order valence-electron chi connectivity index (χ3n) is 9.62. The molecule has 15 heteroatoms. The molecular formula is C40H53FN2O11S. The smallest absolute Gasteiger partial charge is 0.335 e. The first-order valence-corrected chi connectivity index (χ1v) is 20.3. The Morgan fingerprint density at radius 3 is 2.25 bits per heavy atom. The Balaban J connectivity index is 0.000000525. The van der Waals surface area contributed by atoms with E-state index in [4.69, 9.17) is 9.47 Å². The second-order valence-corrected chi connectivity index (χ2v) is 15.9. The summed E-state index contributed by atoms with van der Waals surface area (Å²) in [5.74, 6) is -0.846. The van der Waals surface area contributed by atoms with Crippen LogP contribution in [0.5, 0.6) is 0 Å². The van der Waals surface area contributed by atoms with Crippen LogP contribution in [-0.4, -0.2) is 97.9 Å². The van der Waals surface area contributed by atoms with Gasteiger partial charge in [0.25, 0.3) is 0 Å². The minimum Gasteiger partial charge on any atom is -0.467 e. The zero-order valence-electron chi connectivity index (χ0n) is 31.5. The molecule has 2 saturated heterocycles. The van der Waals surface area contributed by atoms with E-state index in [-0.39, 0.29) is 43.6 Å². The Hall–Kier alpha value is -3.80. The summed E-state index contributed by atoms with van der Waals surface area (Å²) >= 11 is 0. The fourth-order valence-corrected chi connectivity index (χ4v) is 6.80. The van der Waals surface area contributed by atoms with Gasteiger partial charge in [-0.25, -0.2) is 22.3 Å². The number of carbonyl (C=O) groups is 2. The van der Waals surface area contributed by atoms with Crippen molar-refractivity contribution >= 4 is 27.6 Å². The Labute approximate surface area is 322 Å². The molecule has 2 heterocycles. The third-order valence-corrected chi connectivity index (χ3v) is 10.3. The van der Waals surface area contributed by atoms with Gasteiger partial charge in [-0.3, -0.25) is 4.79 Å². The van der Waals surface area contributed by atoms with Crippen molar-refractivity contribution in [2.75, 3.05) is 38.0 Å². The van der Waals surface area contributed by atoms with E-state index in [0.717, 1.165) is 34.2 Å². The second-order valence-electron chi connectivity index (χ2n) is 14.0. The van der Waals surface area contributed by atoms with Crippen LogP contribution in [0.1, 0.15) is 79.8 Å². The normalized spacial score (nSPS) is 21.5. The van der Waals surface area contributed by atoms with Crippen LogP contribution in [0, 0.1) is 5.82 Å². The lowest BCUT2D eigenvalue weighted by atomic mass is 9.90. The Bertz CT molecular complexity index is 1780. The predicted molar refractivity (Wildman–Crippen MR) is 203 cm³/mol. The average molecular weight is 789 g/mol. The topological polar surface area (TPSA) is 192 Å². The lowest BCUT2D eigenvalue weighted by Crippen LogP contribution is -2.46. The third kappa shape index (κ3) is 13.4. The molecule has 5 rings (SSSR count). The highest BCUT2D eigenvalue weighted by molar-refractivity contribution is 7.88. The van der Waals surface area contributed by atoms with E-state index in [1.807, 2.05) is 55.5 Å². The maximum atomic E-state index is 12.5. The van der Waals surface area contributed by atoms with Gasteiger partial charge in [-0.1, -0.05) is 55.5 Å². The van der Waals surface area contributed by atoms with Crippen molar-refractivity contribution in [3.8, 4) is 0 Å². The number of hydrogen-bond donors (Lipinski definition) is 5. The van der Waals surface area contributed by atoms with Crippen molar-refractivity contribution in [1.82, 2.24) is 4.72 Å². The lowest BCUT2D eigenvalue weighted by Gasteiger charge is -2.41. The van der Waals surface area contributed by atoms with Crippen LogP contribution in [0.15, 0.2) is 72.8 Å². The van der Waals surface area contributed by atoms with Gasteiger partial charge in [-0.15, -0.1) is 0 Å². The van der Waals surface area contributed by atoms with Gasteiger partial charge in [0, 0.05) is 25.1 Å². The van der Waals surface area contributed by atoms with Crippen molar-refractivity contribution in [3.63, 3.8) is 0 Å². The first kappa shape index (κ1) is 43.9. The summed E-state index contributed by atoms with van der Waals surface area (Å²) in [6.07, 6.45) is 1.29. The van der Waals surface area contributed by atoms with Crippen molar-refractivity contribution in [2.45, 2.75) is 94.5 Å². The van der Waals surface area contributed by atoms with E-state index in [9.17, 15) is 42.8 Å². The summed E-state index contributed by atoms with van der Waals surface area (Å²) in [7, 11) is -1.97.